The minimum atomic E-state index is -3.06. The summed E-state index contributed by atoms with van der Waals surface area (Å²) in [4.78, 5) is 13.8. The van der Waals surface area contributed by atoms with Crippen molar-refractivity contribution in [2.75, 3.05) is 18.1 Å². The lowest BCUT2D eigenvalue weighted by Crippen LogP contribution is -2.49. The molecule has 0 bridgehead atoms. The van der Waals surface area contributed by atoms with Gasteiger partial charge in [0.05, 0.1) is 17.1 Å². The summed E-state index contributed by atoms with van der Waals surface area (Å²) in [6.07, 6.45) is 0. The molecule has 1 unspecified atom stereocenters. The van der Waals surface area contributed by atoms with Gasteiger partial charge in [-0.1, -0.05) is 15.9 Å². The van der Waals surface area contributed by atoms with E-state index >= 15 is 0 Å². The minimum Gasteiger partial charge on any atom is -0.507 e. The number of carbonyl (C=O) groups excluding carboxylic acids is 1. The van der Waals surface area contributed by atoms with Crippen LogP contribution in [0.3, 0.4) is 0 Å². The third-order valence-corrected chi connectivity index (χ3v) is 5.41. The first-order valence-corrected chi connectivity index (χ1v) is 8.41. The van der Waals surface area contributed by atoms with E-state index in [2.05, 4.69) is 15.9 Å². The molecule has 0 aromatic heterocycles. The molecule has 0 spiro atoms. The third-order valence-electron chi connectivity index (χ3n) is 3.12. The molecule has 5 nitrogen and oxygen atoms in total. The molecule has 2 rings (SSSR count). The zero-order chi connectivity index (χ0) is 14.2. The summed E-state index contributed by atoms with van der Waals surface area (Å²) in [6, 6.07) is 4.22. The molecule has 1 amide bonds. The number of rotatable bonds is 1. The van der Waals surface area contributed by atoms with Gasteiger partial charge in [0.2, 0.25) is 0 Å². The number of benzene rings is 1. The molecule has 0 radical (unpaired) electrons. The number of nitrogens with zero attached hydrogens (tertiary/aromatic N) is 1. The molecule has 1 aromatic carbocycles. The van der Waals surface area contributed by atoms with Crippen molar-refractivity contribution in [1.82, 2.24) is 4.90 Å². The predicted octanol–water partition coefficient (Wildman–Crippen LogP) is 1.41. The van der Waals surface area contributed by atoms with E-state index < -0.39 is 9.84 Å². The second kappa shape index (κ2) is 5.13. The molecule has 1 N–H and O–H groups in total. The zero-order valence-electron chi connectivity index (χ0n) is 10.3. The van der Waals surface area contributed by atoms with Crippen LogP contribution in [0.5, 0.6) is 5.75 Å². The molecule has 1 heterocycles. The van der Waals surface area contributed by atoms with Gasteiger partial charge in [0, 0.05) is 17.1 Å². The molecule has 1 saturated heterocycles. The Morgan fingerprint density at radius 2 is 2.16 bits per heavy atom. The Morgan fingerprint density at radius 1 is 1.47 bits per heavy atom. The van der Waals surface area contributed by atoms with Crippen molar-refractivity contribution in [3.63, 3.8) is 0 Å². The number of phenols is 1. The maximum absolute atomic E-state index is 12.3. The quantitative estimate of drug-likeness (QED) is 0.833. The normalized spacial score (nSPS) is 22.2. The summed E-state index contributed by atoms with van der Waals surface area (Å²) in [5, 5.41) is 9.74. The molecule has 1 atom stereocenters. The van der Waals surface area contributed by atoms with E-state index in [0.29, 0.717) is 4.47 Å². The van der Waals surface area contributed by atoms with E-state index in [1.165, 1.54) is 17.0 Å². The summed E-state index contributed by atoms with van der Waals surface area (Å²) < 4.78 is 23.7. The number of hydrogen-bond acceptors (Lipinski definition) is 4. The lowest BCUT2D eigenvalue weighted by atomic mass is 10.1. The average Bonchev–Trinajstić information content (AvgIpc) is 2.30. The molecule has 0 saturated carbocycles. The maximum Gasteiger partial charge on any atom is 0.257 e. The van der Waals surface area contributed by atoms with Crippen molar-refractivity contribution in [1.29, 1.82) is 0 Å². The van der Waals surface area contributed by atoms with Gasteiger partial charge < -0.3 is 10.0 Å². The average molecular weight is 348 g/mol. The van der Waals surface area contributed by atoms with Crippen molar-refractivity contribution in [2.45, 2.75) is 13.0 Å². The molecule has 0 aliphatic carbocycles. The second-order valence-corrected chi connectivity index (χ2v) is 7.77. The fourth-order valence-electron chi connectivity index (χ4n) is 2.13. The maximum atomic E-state index is 12.3. The van der Waals surface area contributed by atoms with Crippen LogP contribution < -0.4 is 0 Å². The molecule has 1 aromatic rings. The van der Waals surface area contributed by atoms with Gasteiger partial charge in [-0.2, -0.15) is 0 Å². The number of carbonyl (C=O) groups is 1. The Hall–Kier alpha value is -1.08. The number of halogens is 1. The number of hydrogen-bond donors (Lipinski definition) is 1. The molecule has 104 valence electrons. The van der Waals surface area contributed by atoms with Crippen LogP contribution in [-0.4, -0.2) is 48.4 Å². The van der Waals surface area contributed by atoms with Crippen molar-refractivity contribution >= 4 is 31.7 Å². The topological polar surface area (TPSA) is 74.7 Å². The highest BCUT2D eigenvalue weighted by molar-refractivity contribution is 9.10. The lowest BCUT2D eigenvalue weighted by Gasteiger charge is -2.33. The molecule has 1 aliphatic heterocycles. The van der Waals surface area contributed by atoms with E-state index in [1.54, 1.807) is 13.0 Å². The van der Waals surface area contributed by atoms with E-state index in [9.17, 15) is 18.3 Å². The highest BCUT2D eigenvalue weighted by atomic mass is 79.9. The largest absolute Gasteiger partial charge is 0.507 e. The Balaban J connectivity index is 2.27. The van der Waals surface area contributed by atoms with Gasteiger partial charge in [-0.3, -0.25) is 4.79 Å². The summed E-state index contributed by atoms with van der Waals surface area (Å²) >= 11 is 3.24. The van der Waals surface area contributed by atoms with Crippen molar-refractivity contribution in [3.05, 3.63) is 28.2 Å². The lowest BCUT2D eigenvalue weighted by molar-refractivity contribution is 0.0709. The molecular formula is C12H14BrNO4S. The van der Waals surface area contributed by atoms with Gasteiger partial charge >= 0.3 is 0 Å². The van der Waals surface area contributed by atoms with E-state index in [1.807, 2.05) is 0 Å². The number of phenolic OH excluding ortho intramolecular Hbond substituents is 1. The van der Waals surface area contributed by atoms with Gasteiger partial charge in [-0.25, -0.2) is 8.42 Å². The molecular weight excluding hydrogens is 334 g/mol. The summed E-state index contributed by atoms with van der Waals surface area (Å²) in [7, 11) is -3.06. The van der Waals surface area contributed by atoms with Crippen LogP contribution in [0.25, 0.3) is 0 Å². The molecule has 1 fully saturated rings. The number of aromatic hydroxyl groups is 1. The predicted molar refractivity (Wildman–Crippen MR) is 75.0 cm³/mol. The van der Waals surface area contributed by atoms with Crippen LogP contribution in [-0.2, 0) is 9.84 Å². The second-order valence-electron chi connectivity index (χ2n) is 4.62. The van der Waals surface area contributed by atoms with Crippen LogP contribution in [0.4, 0.5) is 0 Å². The fourth-order valence-corrected chi connectivity index (χ4v) is 4.05. The fraction of sp³-hybridized carbons (Fsp3) is 0.417. The van der Waals surface area contributed by atoms with Crippen molar-refractivity contribution < 1.29 is 18.3 Å². The monoisotopic (exact) mass is 347 g/mol. The number of sulfone groups is 1. The van der Waals surface area contributed by atoms with Gasteiger partial charge in [0.15, 0.2) is 9.84 Å². The first-order chi connectivity index (χ1) is 8.80. The highest BCUT2D eigenvalue weighted by Gasteiger charge is 2.32. The summed E-state index contributed by atoms with van der Waals surface area (Å²) in [5.41, 5.74) is 0.181. The first kappa shape index (κ1) is 14.3. The molecule has 1 aliphatic rings. The first-order valence-electron chi connectivity index (χ1n) is 5.80. The smallest absolute Gasteiger partial charge is 0.257 e. The Morgan fingerprint density at radius 3 is 2.79 bits per heavy atom. The Bertz CT molecular complexity index is 614. The van der Waals surface area contributed by atoms with Crippen LogP contribution in [0.1, 0.15) is 17.3 Å². The summed E-state index contributed by atoms with van der Waals surface area (Å²) in [5.74, 6) is -0.513. The molecule has 19 heavy (non-hydrogen) atoms. The minimum absolute atomic E-state index is 0.0299. The van der Waals surface area contributed by atoms with Crippen LogP contribution >= 0.6 is 15.9 Å². The van der Waals surface area contributed by atoms with Crippen LogP contribution in [0.15, 0.2) is 22.7 Å². The Kier molecular flexibility index (Phi) is 3.87. The van der Waals surface area contributed by atoms with E-state index in [0.717, 1.165) is 0 Å². The summed E-state index contributed by atoms with van der Waals surface area (Å²) in [6.45, 7) is 1.86. The zero-order valence-corrected chi connectivity index (χ0v) is 12.7. The van der Waals surface area contributed by atoms with E-state index in [4.69, 9.17) is 0 Å². The Labute approximate surface area is 120 Å². The van der Waals surface area contributed by atoms with Crippen molar-refractivity contribution in [2.24, 2.45) is 0 Å². The SMILES string of the molecule is CC1CS(=O)(=O)CCN1C(=O)c1cc(Br)ccc1O. The molecule has 7 heteroatoms. The van der Waals surface area contributed by atoms with Gasteiger partial charge in [-0.15, -0.1) is 0 Å². The van der Waals surface area contributed by atoms with Crippen molar-refractivity contribution in [3.8, 4) is 5.75 Å². The van der Waals surface area contributed by atoms with Gasteiger partial charge in [0.1, 0.15) is 5.75 Å². The number of amides is 1. The van der Waals surface area contributed by atoms with Gasteiger partial charge in [0.25, 0.3) is 5.91 Å². The van der Waals surface area contributed by atoms with E-state index in [-0.39, 0.29) is 41.3 Å². The van der Waals surface area contributed by atoms with Crippen LogP contribution in [0, 0.1) is 0 Å². The standard InChI is InChI=1S/C12H14BrNO4S/c1-8-7-19(17,18)5-4-14(8)12(16)10-6-9(13)2-3-11(10)15/h2-3,6,8,15H,4-5,7H2,1H3. The highest BCUT2D eigenvalue weighted by Crippen LogP contribution is 2.25. The van der Waals surface area contributed by atoms with Crippen LogP contribution in [0.2, 0.25) is 0 Å². The van der Waals surface area contributed by atoms with Gasteiger partial charge in [-0.05, 0) is 25.1 Å². The third kappa shape index (κ3) is 3.09.